The molecular weight excluding hydrogens is 366 g/mol. The molecule has 0 bridgehead atoms. The SMILES string of the molecule is O=C(Nc1nc2cccnc2n1CCN1CCOCC1)c1ccc(Cl)cc1. The molecule has 0 unspecified atom stereocenters. The molecule has 0 atom stereocenters. The van der Waals surface area contributed by atoms with Crippen LogP contribution in [0.4, 0.5) is 5.95 Å². The molecule has 0 aliphatic carbocycles. The van der Waals surface area contributed by atoms with E-state index >= 15 is 0 Å². The molecule has 140 valence electrons. The normalized spacial score (nSPS) is 15.1. The quantitative estimate of drug-likeness (QED) is 0.731. The minimum Gasteiger partial charge on any atom is -0.379 e. The Morgan fingerprint density at radius 2 is 1.93 bits per heavy atom. The first kappa shape index (κ1) is 17.9. The summed E-state index contributed by atoms with van der Waals surface area (Å²) in [5.41, 5.74) is 2.04. The lowest BCUT2D eigenvalue weighted by molar-refractivity contribution is 0.0366. The second-order valence-corrected chi connectivity index (χ2v) is 6.78. The highest BCUT2D eigenvalue weighted by molar-refractivity contribution is 6.30. The number of nitrogens with zero attached hydrogens (tertiary/aromatic N) is 4. The Morgan fingerprint density at radius 3 is 2.70 bits per heavy atom. The van der Waals surface area contributed by atoms with Crippen LogP contribution in [0.5, 0.6) is 0 Å². The number of rotatable bonds is 5. The third kappa shape index (κ3) is 4.10. The van der Waals surface area contributed by atoms with Crippen molar-refractivity contribution in [2.24, 2.45) is 0 Å². The number of fused-ring (bicyclic) bond motifs is 1. The number of halogens is 1. The van der Waals surface area contributed by atoms with Gasteiger partial charge in [0.15, 0.2) is 5.65 Å². The summed E-state index contributed by atoms with van der Waals surface area (Å²) in [6, 6.07) is 10.5. The Hall–Kier alpha value is -2.48. The molecule has 4 rings (SSSR count). The van der Waals surface area contributed by atoms with Crippen LogP contribution in [0.15, 0.2) is 42.6 Å². The van der Waals surface area contributed by atoms with E-state index in [4.69, 9.17) is 16.3 Å². The number of aromatic nitrogens is 3. The highest BCUT2D eigenvalue weighted by atomic mass is 35.5. The van der Waals surface area contributed by atoms with Gasteiger partial charge < -0.3 is 4.74 Å². The number of imidazole rings is 1. The van der Waals surface area contributed by atoms with Crippen LogP contribution in [-0.4, -0.2) is 58.2 Å². The monoisotopic (exact) mass is 385 g/mol. The molecular formula is C19H20ClN5O2. The Morgan fingerprint density at radius 1 is 1.15 bits per heavy atom. The molecule has 1 saturated heterocycles. The second-order valence-electron chi connectivity index (χ2n) is 6.35. The Bertz CT molecular complexity index is 935. The summed E-state index contributed by atoms with van der Waals surface area (Å²) in [5.74, 6) is 0.270. The van der Waals surface area contributed by atoms with Crippen molar-refractivity contribution >= 4 is 34.6 Å². The number of benzene rings is 1. The van der Waals surface area contributed by atoms with Crippen molar-refractivity contribution in [3.05, 3.63) is 53.2 Å². The Labute approximate surface area is 161 Å². The molecule has 2 aromatic heterocycles. The summed E-state index contributed by atoms with van der Waals surface area (Å²) >= 11 is 5.90. The van der Waals surface area contributed by atoms with Gasteiger partial charge in [0.1, 0.15) is 5.52 Å². The average molecular weight is 386 g/mol. The molecule has 1 aliphatic rings. The van der Waals surface area contributed by atoms with Gasteiger partial charge in [0.05, 0.1) is 13.2 Å². The van der Waals surface area contributed by atoms with Crippen LogP contribution in [0.2, 0.25) is 5.02 Å². The maximum Gasteiger partial charge on any atom is 0.257 e. The summed E-state index contributed by atoms with van der Waals surface area (Å²) in [5, 5.41) is 3.50. The lowest BCUT2D eigenvalue weighted by atomic mass is 10.2. The van der Waals surface area contributed by atoms with Crippen LogP contribution in [0.3, 0.4) is 0 Å². The van der Waals surface area contributed by atoms with Crippen molar-refractivity contribution < 1.29 is 9.53 Å². The lowest BCUT2D eigenvalue weighted by Crippen LogP contribution is -2.38. The van der Waals surface area contributed by atoms with Gasteiger partial charge in [0.25, 0.3) is 5.91 Å². The van der Waals surface area contributed by atoms with E-state index in [-0.39, 0.29) is 5.91 Å². The molecule has 1 N–H and O–H groups in total. The standard InChI is InChI=1S/C19H20ClN5O2/c20-15-5-3-14(4-6-15)18(26)23-19-22-16-2-1-7-21-17(16)25(19)9-8-24-10-12-27-13-11-24/h1-7H,8-13H2,(H,22,23,26). The zero-order chi connectivity index (χ0) is 18.6. The fraction of sp³-hybridized carbons (Fsp3) is 0.316. The predicted octanol–water partition coefficient (Wildman–Crippen LogP) is 2.67. The number of hydrogen-bond donors (Lipinski definition) is 1. The van der Waals surface area contributed by atoms with Gasteiger partial charge >= 0.3 is 0 Å². The first-order valence-electron chi connectivity index (χ1n) is 8.89. The molecule has 27 heavy (non-hydrogen) atoms. The number of nitrogens with one attached hydrogen (secondary N) is 1. The first-order chi connectivity index (χ1) is 13.2. The smallest absolute Gasteiger partial charge is 0.257 e. The molecule has 0 spiro atoms. The van der Waals surface area contributed by atoms with E-state index in [0.717, 1.165) is 44.0 Å². The fourth-order valence-corrected chi connectivity index (χ4v) is 3.23. The number of pyridine rings is 1. The lowest BCUT2D eigenvalue weighted by Gasteiger charge is -2.26. The zero-order valence-corrected chi connectivity index (χ0v) is 15.5. The molecule has 8 heteroatoms. The number of carbonyl (C=O) groups excluding carboxylic acids is 1. The van der Waals surface area contributed by atoms with Gasteiger partial charge in [0.2, 0.25) is 5.95 Å². The third-order valence-electron chi connectivity index (χ3n) is 4.58. The van der Waals surface area contributed by atoms with Crippen LogP contribution in [0.25, 0.3) is 11.2 Å². The van der Waals surface area contributed by atoms with Crippen molar-refractivity contribution in [2.45, 2.75) is 6.54 Å². The van der Waals surface area contributed by atoms with E-state index in [0.29, 0.717) is 23.1 Å². The van der Waals surface area contributed by atoms with Crippen LogP contribution in [-0.2, 0) is 11.3 Å². The molecule has 1 aromatic carbocycles. The molecule has 0 saturated carbocycles. The second kappa shape index (κ2) is 8.04. The summed E-state index contributed by atoms with van der Waals surface area (Å²) < 4.78 is 7.36. The number of hydrogen-bond acceptors (Lipinski definition) is 5. The largest absolute Gasteiger partial charge is 0.379 e. The molecule has 3 heterocycles. The van der Waals surface area contributed by atoms with Gasteiger partial charge in [-0.3, -0.25) is 19.6 Å². The Balaban J connectivity index is 1.57. The van der Waals surface area contributed by atoms with Crippen molar-refractivity contribution in [1.82, 2.24) is 19.4 Å². The number of amides is 1. The molecule has 7 nitrogen and oxygen atoms in total. The number of ether oxygens (including phenoxy) is 1. The van der Waals surface area contributed by atoms with Gasteiger partial charge in [-0.1, -0.05) is 11.6 Å². The van der Waals surface area contributed by atoms with E-state index in [9.17, 15) is 4.79 Å². The number of carbonyl (C=O) groups is 1. The maximum absolute atomic E-state index is 12.6. The van der Waals surface area contributed by atoms with E-state index in [1.54, 1.807) is 30.5 Å². The van der Waals surface area contributed by atoms with Crippen LogP contribution >= 0.6 is 11.6 Å². The maximum atomic E-state index is 12.6. The van der Waals surface area contributed by atoms with Crippen molar-refractivity contribution in [3.8, 4) is 0 Å². The minimum absolute atomic E-state index is 0.227. The predicted molar refractivity (Wildman–Crippen MR) is 104 cm³/mol. The zero-order valence-electron chi connectivity index (χ0n) is 14.8. The summed E-state index contributed by atoms with van der Waals surface area (Å²) in [7, 11) is 0. The molecule has 0 radical (unpaired) electrons. The van der Waals surface area contributed by atoms with Crippen LogP contribution in [0, 0.1) is 0 Å². The van der Waals surface area contributed by atoms with E-state index in [1.165, 1.54) is 0 Å². The van der Waals surface area contributed by atoms with E-state index in [2.05, 4.69) is 20.2 Å². The van der Waals surface area contributed by atoms with Gasteiger partial charge in [-0.2, -0.15) is 0 Å². The van der Waals surface area contributed by atoms with Crippen LogP contribution in [0.1, 0.15) is 10.4 Å². The average Bonchev–Trinajstić information content (AvgIpc) is 3.04. The summed E-state index contributed by atoms with van der Waals surface area (Å²) in [6.45, 7) is 4.85. The van der Waals surface area contributed by atoms with Gasteiger partial charge in [-0.25, -0.2) is 9.97 Å². The van der Waals surface area contributed by atoms with Crippen molar-refractivity contribution in [3.63, 3.8) is 0 Å². The Kier molecular flexibility index (Phi) is 5.33. The van der Waals surface area contributed by atoms with Crippen molar-refractivity contribution in [2.75, 3.05) is 38.2 Å². The molecule has 1 aliphatic heterocycles. The third-order valence-corrected chi connectivity index (χ3v) is 4.83. The number of anilines is 1. The van der Waals surface area contributed by atoms with Gasteiger partial charge in [-0.05, 0) is 36.4 Å². The van der Waals surface area contributed by atoms with Gasteiger partial charge in [0, 0.05) is 43.0 Å². The van der Waals surface area contributed by atoms with Gasteiger partial charge in [-0.15, -0.1) is 0 Å². The molecule has 1 amide bonds. The van der Waals surface area contributed by atoms with Crippen LogP contribution < -0.4 is 5.32 Å². The highest BCUT2D eigenvalue weighted by Crippen LogP contribution is 2.19. The molecule has 1 fully saturated rings. The topological polar surface area (TPSA) is 72.3 Å². The minimum atomic E-state index is -0.227. The fourth-order valence-electron chi connectivity index (χ4n) is 3.11. The van der Waals surface area contributed by atoms with Crippen molar-refractivity contribution in [1.29, 1.82) is 0 Å². The summed E-state index contributed by atoms with van der Waals surface area (Å²) in [4.78, 5) is 23.9. The highest BCUT2D eigenvalue weighted by Gasteiger charge is 2.17. The van der Waals surface area contributed by atoms with E-state index in [1.807, 2.05) is 16.7 Å². The first-order valence-corrected chi connectivity index (χ1v) is 9.27. The number of morpholine rings is 1. The van der Waals surface area contributed by atoms with E-state index < -0.39 is 0 Å². The molecule has 3 aromatic rings. The summed E-state index contributed by atoms with van der Waals surface area (Å²) in [6.07, 6.45) is 1.74.